The van der Waals surface area contributed by atoms with Gasteiger partial charge in [0.05, 0.1) is 11.1 Å². The molecule has 0 aliphatic carbocycles. The minimum absolute atomic E-state index is 0.257. The van der Waals surface area contributed by atoms with E-state index in [2.05, 4.69) is 25.1 Å². The summed E-state index contributed by atoms with van der Waals surface area (Å²) in [7, 11) is 0. The van der Waals surface area contributed by atoms with E-state index in [0.29, 0.717) is 27.8 Å². The Bertz CT molecular complexity index is 1340. The molecule has 1 aliphatic rings. The Morgan fingerprint density at radius 3 is 2.78 bits per heavy atom. The maximum absolute atomic E-state index is 13.7. The van der Waals surface area contributed by atoms with Gasteiger partial charge in [-0.2, -0.15) is 0 Å². The number of aryl methyl sites for hydroxylation is 3. The summed E-state index contributed by atoms with van der Waals surface area (Å²) in [5.41, 5.74) is 4.16. The Kier molecular flexibility index (Phi) is 5.17. The highest BCUT2D eigenvalue weighted by molar-refractivity contribution is 6.12. The third-order valence-corrected chi connectivity index (χ3v) is 6.00. The van der Waals surface area contributed by atoms with Gasteiger partial charge in [0.15, 0.2) is 5.82 Å². The molecule has 1 aliphatic heterocycles. The second kappa shape index (κ2) is 8.15. The van der Waals surface area contributed by atoms with E-state index in [0.717, 1.165) is 48.6 Å². The number of nitrogens with one attached hydrogen (secondary N) is 1. The van der Waals surface area contributed by atoms with Crippen molar-refractivity contribution in [3.05, 3.63) is 70.9 Å². The monoisotopic (exact) mass is 429 g/mol. The Labute approximate surface area is 185 Å². The third-order valence-electron chi connectivity index (χ3n) is 6.00. The normalized spacial score (nSPS) is 13.6. The van der Waals surface area contributed by atoms with Gasteiger partial charge >= 0.3 is 0 Å². The number of nitrogens with zero attached hydrogens (tertiary/aromatic N) is 4. The lowest BCUT2D eigenvalue weighted by Gasteiger charge is -2.13. The number of aromatic nitrogens is 4. The lowest BCUT2D eigenvalue weighted by atomic mass is 10.1. The summed E-state index contributed by atoms with van der Waals surface area (Å²) in [6, 6.07) is 12.0. The fraction of sp³-hybridized carbons (Fsp3) is 0.280. The van der Waals surface area contributed by atoms with Crippen LogP contribution in [0.5, 0.6) is 0 Å². The minimum atomic E-state index is -0.377. The molecular weight excluding hydrogens is 405 g/mol. The van der Waals surface area contributed by atoms with Gasteiger partial charge in [0.2, 0.25) is 0 Å². The number of amides is 1. The second-order valence-electron chi connectivity index (χ2n) is 8.36. The number of carbonyl (C=O) groups is 1. The van der Waals surface area contributed by atoms with Crippen molar-refractivity contribution < 1.29 is 9.18 Å². The molecule has 2 aromatic carbocycles. The van der Waals surface area contributed by atoms with Crippen molar-refractivity contribution in [3.63, 3.8) is 0 Å². The van der Waals surface area contributed by atoms with Crippen LogP contribution in [0.4, 0.5) is 10.1 Å². The number of hydrogen-bond acceptors (Lipinski definition) is 4. The zero-order valence-electron chi connectivity index (χ0n) is 18.2. The van der Waals surface area contributed by atoms with Gasteiger partial charge in [0.1, 0.15) is 11.6 Å². The molecule has 0 unspecified atom stereocenters. The Morgan fingerprint density at radius 1 is 1.03 bits per heavy atom. The number of pyridine rings is 1. The average Bonchev–Trinajstić information content (AvgIpc) is 3.02. The maximum atomic E-state index is 13.7. The highest BCUT2D eigenvalue weighted by atomic mass is 19.1. The Hall–Kier alpha value is -3.61. The fourth-order valence-electron chi connectivity index (χ4n) is 4.31. The zero-order valence-corrected chi connectivity index (χ0v) is 18.2. The van der Waals surface area contributed by atoms with Crippen molar-refractivity contribution in [1.82, 2.24) is 19.7 Å². The SMILES string of the molecule is Cc1cc(C(=O)Nc2cc(-c3nnc4n3CCCCC4)ccc2C)c2ccc(F)cc2n1. The van der Waals surface area contributed by atoms with E-state index in [1.54, 1.807) is 19.1 Å². The van der Waals surface area contributed by atoms with Gasteiger partial charge in [-0.05, 0) is 56.5 Å². The molecule has 0 saturated heterocycles. The van der Waals surface area contributed by atoms with Crippen molar-refractivity contribution in [1.29, 1.82) is 0 Å². The summed E-state index contributed by atoms with van der Waals surface area (Å²) in [5.74, 6) is 1.22. The number of benzene rings is 2. The molecule has 0 atom stereocenters. The molecule has 162 valence electrons. The molecule has 5 rings (SSSR count). The van der Waals surface area contributed by atoms with E-state index in [1.165, 1.54) is 18.6 Å². The van der Waals surface area contributed by atoms with Crippen LogP contribution in [0.15, 0.2) is 42.5 Å². The predicted octanol–water partition coefficient (Wildman–Crippen LogP) is 5.23. The first-order chi connectivity index (χ1) is 15.5. The van der Waals surface area contributed by atoms with Crippen molar-refractivity contribution in [2.24, 2.45) is 0 Å². The number of anilines is 1. The summed E-state index contributed by atoms with van der Waals surface area (Å²) in [5, 5.41) is 12.5. The van der Waals surface area contributed by atoms with Gasteiger partial charge in [-0.3, -0.25) is 9.78 Å². The molecule has 3 heterocycles. The van der Waals surface area contributed by atoms with Crippen LogP contribution in [0.2, 0.25) is 0 Å². The van der Waals surface area contributed by atoms with Crippen LogP contribution in [-0.2, 0) is 13.0 Å². The number of hydrogen-bond donors (Lipinski definition) is 1. The molecule has 0 radical (unpaired) electrons. The molecule has 1 amide bonds. The fourth-order valence-corrected chi connectivity index (χ4v) is 4.31. The molecule has 0 saturated carbocycles. The van der Waals surface area contributed by atoms with Crippen LogP contribution in [0.1, 0.15) is 46.7 Å². The molecule has 6 nitrogen and oxygen atoms in total. The van der Waals surface area contributed by atoms with E-state index < -0.39 is 0 Å². The number of halogens is 1. The molecule has 2 aromatic heterocycles. The standard InChI is InChI=1S/C25H24FN5O/c1-15-7-8-17(24-30-29-23-6-4-3-5-11-31(23)24)13-21(15)28-25(32)20-12-16(2)27-22-14-18(26)9-10-19(20)22/h7-10,12-14H,3-6,11H2,1-2H3,(H,28,32). The van der Waals surface area contributed by atoms with E-state index in [-0.39, 0.29) is 11.7 Å². The van der Waals surface area contributed by atoms with E-state index >= 15 is 0 Å². The summed E-state index contributed by atoms with van der Waals surface area (Å²) in [6.07, 6.45) is 4.39. The van der Waals surface area contributed by atoms with Crippen molar-refractivity contribution in [3.8, 4) is 11.4 Å². The summed E-state index contributed by atoms with van der Waals surface area (Å²) in [6.45, 7) is 4.66. The predicted molar refractivity (Wildman–Crippen MR) is 122 cm³/mol. The summed E-state index contributed by atoms with van der Waals surface area (Å²) in [4.78, 5) is 17.6. The summed E-state index contributed by atoms with van der Waals surface area (Å²) >= 11 is 0. The lowest BCUT2D eigenvalue weighted by Crippen LogP contribution is -2.14. The van der Waals surface area contributed by atoms with Crippen molar-refractivity contribution in [2.75, 3.05) is 5.32 Å². The van der Waals surface area contributed by atoms with Crippen molar-refractivity contribution >= 4 is 22.5 Å². The third kappa shape index (κ3) is 3.75. The van der Waals surface area contributed by atoms with Crippen LogP contribution in [0.25, 0.3) is 22.3 Å². The number of carbonyl (C=O) groups excluding carboxylic acids is 1. The number of rotatable bonds is 3. The molecule has 1 N–H and O–H groups in total. The van der Waals surface area contributed by atoms with Crippen LogP contribution in [0, 0.1) is 19.7 Å². The molecular formula is C25H24FN5O. The van der Waals surface area contributed by atoms with Gasteiger partial charge in [0.25, 0.3) is 5.91 Å². The maximum Gasteiger partial charge on any atom is 0.256 e. The van der Waals surface area contributed by atoms with Gasteiger partial charge in [-0.1, -0.05) is 18.6 Å². The Balaban J connectivity index is 1.50. The molecule has 0 bridgehead atoms. The minimum Gasteiger partial charge on any atom is -0.322 e. The van der Waals surface area contributed by atoms with Gasteiger partial charge < -0.3 is 9.88 Å². The topological polar surface area (TPSA) is 72.7 Å². The van der Waals surface area contributed by atoms with Gasteiger partial charge in [-0.25, -0.2) is 4.39 Å². The van der Waals surface area contributed by atoms with E-state index in [1.807, 2.05) is 25.1 Å². The van der Waals surface area contributed by atoms with Crippen LogP contribution in [-0.4, -0.2) is 25.7 Å². The average molecular weight is 429 g/mol. The first-order valence-electron chi connectivity index (χ1n) is 10.9. The lowest BCUT2D eigenvalue weighted by molar-refractivity contribution is 0.102. The van der Waals surface area contributed by atoms with Crippen LogP contribution >= 0.6 is 0 Å². The first-order valence-corrected chi connectivity index (χ1v) is 10.9. The molecule has 4 aromatic rings. The van der Waals surface area contributed by atoms with Crippen LogP contribution < -0.4 is 5.32 Å². The smallest absolute Gasteiger partial charge is 0.256 e. The largest absolute Gasteiger partial charge is 0.322 e. The first kappa shape index (κ1) is 20.3. The highest BCUT2D eigenvalue weighted by Gasteiger charge is 2.18. The quantitative estimate of drug-likeness (QED) is 0.484. The zero-order chi connectivity index (χ0) is 22.2. The molecule has 0 fully saturated rings. The molecule has 7 heteroatoms. The van der Waals surface area contributed by atoms with E-state index in [9.17, 15) is 9.18 Å². The summed E-state index contributed by atoms with van der Waals surface area (Å²) < 4.78 is 15.9. The van der Waals surface area contributed by atoms with Gasteiger partial charge in [-0.15, -0.1) is 10.2 Å². The Morgan fingerprint density at radius 2 is 1.91 bits per heavy atom. The van der Waals surface area contributed by atoms with Gasteiger partial charge in [0, 0.05) is 41.4 Å². The molecule has 0 spiro atoms. The number of fused-ring (bicyclic) bond motifs is 2. The van der Waals surface area contributed by atoms with E-state index in [4.69, 9.17) is 0 Å². The van der Waals surface area contributed by atoms with Crippen LogP contribution in [0.3, 0.4) is 0 Å². The highest BCUT2D eigenvalue weighted by Crippen LogP contribution is 2.28. The van der Waals surface area contributed by atoms with Crippen molar-refractivity contribution in [2.45, 2.75) is 46.1 Å². The molecule has 32 heavy (non-hydrogen) atoms. The second-order valence-corrected chi connectivity index (χ2v) is 8.36.